The number of aliphatic hydroxyl groups is 1. The van der Waals surface area contributed by atoms with E-state index in [9.17, 15) is 5.11 Å². The first-order chi connectivity index (χ1) is 7.03. The van der Waals surface area contributed by atoms with Crippen LogP contribution >= 0.6 is 15.9 Å². The molecule has 0 aliphatic rings. The van der Waals surface area contributed by atoms with Crippen molar-refractivity contribution in [3.05, 3.63) is 28.5 Å². The second kappa shape index (κ2) is 5.58. The summed E-state index contributed by atoms with van der Waals surface area (Å²) < 4.78 is 0.949. The average Bonchev–Trinajstić information content (AvgIpc) is 2.14. The molecule has 0 fully saturated rings. The van der Waals surface area contributed by atoms with Gasteiger partial charge in [-0.25, -0.2) is 0 Å². The van der Waals surface area contributed by atoms with Crippen LogP contribution in [0.2, 0.25) is 0 Å². The minimum atomic E-state index is -0.675. The van der Waals surface area contributed by atoms with Crippen LogP contribution < -0.4 is 5.32 Å². The molecule has 1 aromatic heterocycles. The molecule has 0 aliphatic carbocycles. The normalized spacial score (nSPS) is 14.9. The Hall–Kier alpha value is -0.450. The minimum Gasteiger partial charge on any atom is -0.390 e. The van der Waals surface area contributed by atoms with Crippen LogP contribution in [0.15, 0.2) is 22.9 Å². The Bertz CT molecular complexity index is 315. The Morgan fingerprint density at radius 1 is 1.53 bits per heavy atom. The molecule has 2 N–H and O–H groups in total. The molecule has 15 heavy (non-hydrogen) atoms. The van der Waals surface area contributed by atoms with Crippen LogP contribution in [0.3, 0.4) is 0 Å². The van der Waals surface area contributed by atoms with Gasteiger partial charge in [0.05, 0.1) is 5.60 Å². The fraction of sp³-hybridized carbons (Fsp3) is 0.545. The molecular formula is C11H17BrN2O. The summed E-state index contributed by atoms with van der Waals surface area (Å²) in [6, 6.07) is 1.99. The largest absolute Gasteiger partial charge is 0.390 e. The van der Waals surface area contributed by atoms with Gasteiger partial charge in [-0.15, -0.1) is 0 Å². The molecule has 0 aliphatic heterocycles. The molecule has 84 valence electrons. The number of hydrogen-bond donors (Lipinski definition) is 2. The van der Waals surface area contributed by atoms with E-state index in [0.29, 0.717) is 6.42 Å². The predicted molar refractivity (Wildman–Crippen MR) is 64.8 cm³/mol. The van der Waals surface area contributed by atoms with Crippen molar-refractivity contribution in [2.24, 2.45) is 0 Å². The van der Waals surface area contributed by atoms with Crippen molar-refractivity contribution >= 4 is 15.9 Å². The van der Waals surface area contributed by atoms with Crippen molar-refractivity contribution in [3.63, 3.8) is 0 Å². The SMILES string of the molecule is CNCCC(C)(O)Cc1cncc(Br)c1. The lowest BCUT2D eigenvalue weighted by Gasteiger charge is -2.23. The Labute approximate surface area is 99.1 Å². The summed E-state index contributed by atoms with van der Waals surface area (Å²) in [6.07, 6.45) is 4.89. The maximum atomic E-state index is 10.1. The summed E-state index contributed by atoms with van der Waals surface area (Å²) in [5.41, 5.74) is 0.372. The first kappa shape index (κ1) is 12.6. The molecule has 1 heterocycles. The maximum absolute atomic E-state index is 10.1. The highest BCUT2D eigenvalue weighted by atomic mass is 79.9. The Balaban J connectivity index is 2.60. The van der Waals surface area contributed by atoms with Gasteiger partial charge in [-0.05, 0) is 54.5 Å². The molecule has 0 amide bonds. The fourth-order valence-electron chi connectivity index (χ4n) is 1.47. The first-order valence-electron chi connectivity index (χ1n) is 5.00. The van der Waals surface area contributed by atoms with Crippen molar-refractivity contribution in [1.29, 1.82) is 0 Å². The number of halogens is 1. The lowest BCUT2D eigenvalue weighted by molar-refractivity contribution is 0.0519. The summed E-state index contributed by atoms with van der Waals surface area (Å²) in [4.78, 5) is 4.08. The molecule has 1 aromatic rings. The zero-order chi connectivity index (χ0) is 11.3. The van der Waals surface area contributed by atoms with E-state index < -0.39 is 5.60 Å². The third kappa shape index (κ3) is 4.73. The number of aromatic nitrogens is 1. The lowest BCUT2D eigenvalue weighted by Crippen LogP contribution is -2.31. The number of hydrogen-bond acceptors (Lipinski definition) is 3. The van der Waals surface area contributed by atoms with Crippen LogP contribution in [-0.4, -0.2) is 29.3 Å². The quantitative estimate of drug-likeness (QED) is 0.859. The summed E-state index contributed by atoms with van der Waals surface area (Å²) >= 11 is 3.37. The molecule has 0 spiro atoms. The van der Waals surface area contributed by atoms with E-state index in [2.05, 4.69) is 26.2 Å². The van der Waals surface area contributed by atoms with Crippen LogP contribution in [0.5, 0.6) is 0 Å². The van der Waals surface area contributed by atoms with Gasteiger partial charge in [-0.1, -0.05) is 0 Å². The summed E-state index contributed by atoms with van der Waals surface area (Å²) in [7, 11) is 1.89. The van der Waals surface area contributed by atoms with Crippen LogP contribution in [0.25, 0.3) is 0 Å². The Morgan fingerprint density at radius 2 is 2.27 bits per heavy atom. The number of rotatable bonds is 5. The smallest absolute Gasteiger partial charge is 0.0672 e. The van der Waals surface area contributed by atoms with E-state index in [0.717, 1.165) is 23.0 Å². The minimum absolute atomic E-state index is 0.626. The van der Waals surface area contributed by atoms with E-state index in [4.69, 9.17) is 0 Å². The highest BCUT2D eigenvalue weighted by Gasteiger charge is 2.20. The third-order valence-electron chi connectivity index (χ3n) is 2.26. The highest BCUT2D eigenvalue weighted by molar-refractivity contribution is 9.10. The molecule has 0 saturated heterocycles. The van der Waals surface area contributed by atoms with Crippen molar-refractivity contribution in [2.45, 2.75) is 25.4 Å². The predicted octanol–water partition coefficient (Wildman–Crippen LogP) is 1.75. The van der Waals surface area contributed by atoms with Gasteiger partial charge in [0.2, 0.25) is 0 Å². The van der Waals surface area contributed by atoms with Gasteiger partial charge in [-0.2, -0.15) is 0 Å². The zero-order valence-corrected chi connectivity index (χ0v) is 10.7. The van der Waals surface area contributed by atoms with E-state index in [1.165, 1.54) is 0 Å². The molecule has 1 unspecified atom stereocenters. The van der Waals surface area contributed by atoms with Crippen molar-refractivity contribution in [2.75, 3.05) is 13.6 Å². The van der Waals surface area contributed by atoms with Crippen molar-refractivity contribution in [1.82, 2.24) is 10.3 Å². The lowest BCUT2D eigenvalue weighted by atomic mass is 9.94. The molecule has 0 radical (unpaired) electrons. The Kier molecular flexibility index (Phi) is 4.70. The van der Waals surface area contributed by atoms with Gasteiger partial charge < -0.3 is 10.4 Å². The molecule has 0 saturated carbocycles. The second-order valence-corrected chi connectivity index (χ2v) is 4.95. The molecule has 0 bridgehead atoms. The molecule has 4 heteroatoms. The first-order valence-corrected chi connectivity index (χ1v) is 5.79. The van der Waals surface area contributed by atoms with Crippen LogP contribution in [0, 0.1) is 0 Å². The molecule has 0 aromatic carbocycles. The summed E-state index contributed by atoms with van der Waals surface area (Å²) in [6.45, 7) is 2.67. The Morgan fingerprint density at radius 3 is 2.87 bits per heavy atom. The number of nitrogens with zero attached hydrogens (tertiary/aromatic N) is 1. The monoisotopic (exact) mass is 272 g/mol. The van der Waals surface area contributed by atoms with Crippen LogP contribution in [-0.2, 0) is 6.42 Å². The van der Waals surface area contributed by atoms with Crippen LogP contribution in [0.4, 0.5) is 0 Å². The fourth-order valence-corrected chi connectivity index (χ4v) is 1.89. The van der Waals surface area contributed by atoms with E-state index >= 15 is 0 Å². The summed E-state index contributed by atoms with van der Waals surface area (Å²) in [5, 5.41) is 13.1. The number of pyridine rings is 1. The topological polar surface area (TPSA) is 45.1 Å². The number of nitrogens with one attached hydrogen (secondary N) is 1. The zero-order valence-electron chi connectivity index (χ0n) is 9.13. The van der Waals surface area contributed by atoms with E-state index in [1.54, 1.807) is 12.4 Å². The van der Waals surface area contributed by atoms with Gasteiger partial charge >= 0.3 is 0 Å². The van der Waals surface area contributed by atoms with Gasteiger partial charge in [0.25, 0.3) is 0 Å². The third-order valence-corrected chi connectivity index (χ3v) is 2.69. The molecule has 3 nitrogen and oxygen atoms in total. The maximum Gasteiger partial charge on any atom is 0.0672 e. The summed E-state index contributed by atoms with van der Waals surface area (Å²) in [5.74, 6) is 0. The van der Waals surface area contributed by atoms with Gasteiger partial charge in [0, 0.05) is 23.3 Å². The molecule has 1 rings (SSSR count). The second-order valence-electron chi connectivity index (χ2n) is 4.04. The highest BCUT2D eigenvalue weighted by Crippen LogP contribution is 2.18. The van der Waals surface area contributed by atoms with Crippen LogP contribution in [0.1, 0.15) is 18.9 Å². The standard InChI is InChI=1S/C11H17BrN2O/c1-11(15,3-4-13-2)6-9-5-10(12)8-14-7-9/h5,7-8,13,15H,3-4,6H2,1-2H3. The average molecular weight is 273 g/mol. The van der Waals surface area contributed by atoms with Gasteiger partial charge in [0.15, 0.2) is 0 Å². The van der Waals surface area contributed by atoms with E-state index in [1.807, 2.05) is 20.0 Å². The molecular weight excluding hydrogens is 256 g/mol. The molecule has 1 atom stereocenters. The van der Waals surface area contributed by atoms with Gasteiger partial charge in [0.1, 0.15) is 0 Å². The van der Waals surface area contributed by atoms with Gasteiger partial charge in [-0.3, -0.25) is 4.98 Å². The van der Waals surface area contributed by atoms with Crippen molar-refractivity contribution in [3.8, 4) is 0 Å². The van der Waals surface area contributed by atoms with Crippen molar-refractivity contribution < 1.29 is 5.11 Å². The van der Waals surface area contributed by atoms with E-state index in [-0.39, 0.29) is 0 Å².